The third-order valence-electron chi connectivity index (χ3n) is 3.86. The number of hydrogen-bond acceptors (Lipinski definition) is 4. The zero-order valence-electron chi connectivity index (χ0n) is 14.4. The third-order valence-corrected chi connectivity index (χ3v) is 4.15. The van der Waals surface area contributed by atoms with E-state index < -0.39 is 5.82 Å². The van der Waals surface area contributed by atoms with Gasteiger partial charge in [0.2, 0.25) is 0 Å². The van der Waals surface area contributed by atoms with Crippen molar-refractivity contribution in [1.82, 2.24) is 4.98 Å². The van der Waals surface area contributed by atoms with Crippen LogP contribution in [0.25, 0.3) is 10.9 Å². The second-order valence-corrected chi connectivity index (χ2v) is 6.14. The van der Waals surface area contributed by atoms with Crippen LogP contribution in [0.2, 0.25) is 5.02 Å². The summed E-state index contributed by atoms with van der Waals surface area (Å²) in [4.78, 5) is 16.4. The SMILES string of the molecule is CCOC(=O)c1cc2ccc(OCc3ccc(F)c(Cl)c3)cc2nc1C. The van der Waals surface area contributed by atoms with Gasteiger partial charge in [-0.15, -0.1) is 0 Å². The van der Waals surface area contributed by atoms with E-state index in [4.69, 9.17) is 21.1 Å². The Labute approximate surface area is 155 Å². The number of benzene rings is 2. The lowest BCUT2D eigenvalue weighted by Gasteiger charge is -2.10. The first kappa shape index (κ1) is 18.1. The Kier molecular flexibility index (Phi) is 5.38. The second kappa shape index (κ2) is 7.70. The molecule has 0 amide bonds. The van der Waals surface area contributed by atoms with Crippen molar-refractivity contribution < 1.29 is 18.7 Å². The van der Waals surface area contributed by atoms with Crippen LogP contribution in [0.5, 0.6) is 5.75 Å². The van der Waals surface area contributed by atoms with Crippen molar-refractivity contribution in [3.63, 3.8) is 0 Å². The Hall–Kier alpha value is -2.66. The summed E-state index contributed by atoms with van der Waals surface area (Å²) >= 11 is 5.78. The van der Waals surface area contributed by atoms with E-state index in [1.165, 1.54) is 12.1 Å². The summed E-state index contributed by atoms with van der Waals surface area (Å²) in [6.07, 6.45) is 0. The summed E-state index contributed by atoms with van der Waals surface area (Å²) in [6, 6.07) is 11.6. The van der Waals surface area contributed by atoms with Crippen molar-refractivity contribution in [2.24, 2.45) is 0 Å². The number of esters is 1. The van der Waals surface area contributed by atoms with E-state index in [1.54, 1.807) is 38.1 Å². The van der Waals surface area contributed by atoms with Gasteiger partial charge in [-0.2, -0.15) is 0 Å². The van der Waals surface area contributed by atoms with E-state index >= 15 is 0 Å². The summed E-state index contributed by atoms with van der Waals surface area (Å²) in [7, 11) is 0. The summed E-state index contributed by atoms with van der Waals surface area (Å²) < 4.78 is 24.0. The monoisotopic (exact) mass is 373 g/mol. The van der Waals surface area contributed by atoms with Crippen LogP contribution in [-0.2, 0) is 11.3 Å². The van der Waals surface area contributed by atoms with Gasteiger partial charge in [-0.3, -0.25) is 4.98 Å². The lowest BCUT2D eigenvalue weighted by atomic mass is 10.1. The maximum Gasteiger partial charge on any atom is 0.339 e. The third kappa shape index (κ3) is 3.94. The van der Waals surface area contributed by atoms with Crippen molar-refractivity contribution >= 4 is 28.5 Å². The second-order valence-electron chi connectivity index (χ2n) is 5.73. The molecule has 1 heterocycles. The molecular weight excluding hydrogens is 357 g/mol. The summed E-state index contributed by atoms with van der Waals surface area (Å²) in [5.74, 6) is -0.222. The van der Waals surface area contributed by atoms with Gasteiger partial charge in [-0.1, -0.05) is 17.7 Å². The molecule has 0 aliphatic carbocycles. The number of ether oxygens (including phenoxy) is 2. The highest BCUT2D eigenvalue weighted by molar-refractivity contribution is 6.30. The van der Waals surface area contributed by atoms with Crippen LogP contribution >= 0.6 is 11.6 Å². The molecule has 0 aliphatic rings. The number of halogens is 2. The topological polar surface area (TPSA) is 48.4 Å². The van der Waals surface area contributed by atoms with Crippen LogP contribution in [0, 0.1) is 12.7 Å². The van der Waals surface area contributed by atoms with Crippen LogP contribution < -0.4 is 4.74 Å². The Balaban J connectivity index is 1.81. The van der Waals surface area contributed by atoms with Crippen LogP contribution in [0.3, 0.4) is 0 Å². The first-order valence-electron chi connectivity index (χ1n) is 8.13. The quantitative estimate of drug-likeness (QED) is 0.584. The highest BCUT2D eigenvalue weighted by Gasteiger charge is 2.13. The number of fused-ring (bicyclic) bond motifs is 1. The lowest BCUT2D eigenvalue weighted by Crippen LogP contribution is -2.08. The number of aryl methyl sites for hydroxylation is 1. The molecule has 26 heavy (non-hydrogen) atoms. The van der Waals surface area contributed by atoms with E-state index in [9.17, 15) is 9.18 Å². The number of pyridine rings is 1. The zero-order valence-corrected chi connectivity index (χ0v) is 15.1. The average molecular weight is 374 g/mol. The van der Waals surface area contributed by atoms with Crippen LogP contribution in [-0.4, -0.2) is 17.6 Å². The number of carbonyl (C=O) groups is 1. The van der Waals surface area contributed by atoms with Gasteiger partial charge in [0.15, 0.2) is 0 Å². The molecular formula is C20H17ClFNO3. The first-order chi connectivity index (χ1) is 12.5. The fraction of sp³-hybridized carbons (Fsp3) is 0.200. The van der Waals surface area contributed by atoms with Crippen molar-refractivity contribution in [3.8, 4) is 5.75 Å². The highest BCUT2D eigenvalue weighted by atomic mass is 35.5. The molecule has 0 bridgehead atoms. The number of aromatic nitrogens is 1. The minimum Gasteiger partial charge on any atom is -0.489 e. The number of carbonyl (C=O) groups excluding carboxylic acids is 1. The Morgan fingerprint density at radius 3 is 2.73 bits per heavy atom. The summed E-state index contributed by atoms with van der Waals surface area (Å²) in [5.41, 5.74) is 2.52. The molecule has 0 fully saturated rings. The molecule has 0 spiro atoms. The molecule has 2 aromatic carbocycles. The van der Waals surface area contributed by atoms with Gasteiger partial charge in [0, 0.05) is 11.5 Å². The lowest BCUT2D eigenvalue weighted by molar-refractivity contribution is 0.0525. The standard InChI is InChI=1S/C20H17ClFNO3/c1-3-25-20(24)16-9-14-5-6-15(10-19(14)23-12(16)2)26-11-13-4-7-18(22)17(21)8-13/h4-10H,3,11H2,1-2H3. The van der Waals surface area contributed by atoms with Gasteiger partial charge >= 0.3 is 5.97 Å². The number of rotatable bonds is 5. The predicted molar refractivity (Wildman–Crippen MR) is 98.2 cm³/mol. The van der Waals surface area contributed by atoms with Crippen molar-refractivity contribution in [1.29, 1.82) is 0 Å². The fourth-order valence-electron chi connectivity index (χ4n) is 2.54. The molecule has 0 aliphatic heterocycles. The summed E-state index contributed by atoms with van der Waals surface area (Å²) in [5, 5.41) is 0.879. The van der Waals surface area contributed by atoms with Crippen LogP contribution in [0.4, 0.5) is 4.39 Å². The minimum absolute atomic E-state index is 0.0633. The molecule has 0 N–H and O–H groups in total. The molecule has 0 unspecified atom stereocenters. The molecule has 3 rings (SSSR count). The van der Waals surface area contributed by atoms with Gasteiger partial charge in [0.25, 0.3) is 0 Å². The van der Waals surface area contributed by atoms with E-state index in [-0.39, 0.29) is 17.6 Å². The van der Waals surface area contributed by atoms with Crippen LogP contribution in [0.1, 0.15) is 28.5 Å². The molecule has 6 heteroatoms. The molecule has 3 aromatic rings. The summed E-state index contributed by atoms with van der Waals surface area (Å²) in [6.45, 7) is 4.10. The van der Waals surface area contributed by atoms with Gasteiger partial charge in [-0.05, 0) is 49.7 Å². The number of nitrogens with zero attached hydrogens (tertiary/aromatic N) is 1. The largest absolute Gasteiger partial charge is 0.489 e. The fourth-order valence-corrected chi connectivity index (χ4v) is 2.75. The average Bonchev–Trinajstić information content (AvgIpc) is 2.62. The van der Waals surface area contributed by atoms with E-state index in [0.717, 1.165) is 10.9 Å². The maximum absolute atomic E-state index is 13.2. The van der Waals surface area contributed by atoms with Crippen molar-refractivity contribution in [3.05, 3.63) is 70.1 Å². The smallest absolute Gasteiger partial charge is 0.339 e. The molecule has 0 radical (unpaired) electrons. The van der Waals surface area contributed by atoms with Gasteiger partial charge in [0.05, 0.1) is 28.4 Å². The highest BCUT2D eigenvalue weighted by Crippen LogP contribution is 2.24. The molecule has 0 saturated carbocycles. The Morgan fingerprint density at radius 2 is 2.00 bits per heavy atom. The zero-order chi connectivity index (χ0) is 18.7. The normalized spacial score (nSPS) is 10.8. The Morgan fingerprint density at radius 1 is 1.19 bits per heavy atom. The van der Waals surface area contributed by atoms with Gasteiger partial charge in [-0.25, -0.2) is 9.18 Å². The maximum atomic E-state index is 13.2. The van der Waals surface area contributed by atoms with E-state index in [0.29, 0.717) is 29.1 Å². The van der Waals surface area contributed by atoms with E-state index in [1.807, 2.05) is 6.07 Å². The molecule has 0 atom stereocenters. The van der Waals surface area contributed by atoms with Crippen molar-refractivity contribution in [2.75, 3.05) is 6.61 Å². The van der Waals surface area contributed by atoms with Gasteiger partial charge in [0.1, 0.15) is 18.2 Å². The van der Waals surface area contributed by atoms with Crippen LogP contribution in [0.15, 0.2) is 42.5 Å². The van der Waals surface area contributed by atoms with Gasteiger partial charge < -0.3 is 9.47 Å². The predicted octanol–water partition coefficient (Wildman–Crippen LogP) is 5.09. The Bertz CT molecular complexity index is 975. The minimum atomic E-state index is -0.460. The van der Waals surface area contributed by atoms with Crippen molar-refractivity contribution in [2.45, 2.75) is 20.5 Å². The molecule has 134 valence electrons. The molecule has 1 aromatic heterocycles. The first-order valence-corrected chi connectivity index (χ1v) is 8.51. The number of hydrogen-bond donors (Lipinski definition) is 0. The molecule has 0 saturated heterocycles. The molecule has 4 nitrogen and oxygen atoms in total. The van der Waals surface area contributed by atoms with E-state index in [2.05, 4.69) is 4.98 Å².